The highest BCUT2D eigenvalue weighted by molar-refractivity contribution is 6.05. The lowest BCUT2D eigenvalue weighted by atomic mass is 10.0. The van der Waals surface area contributed by atoms with Crippen LogP contribution >= 0.6 is 0 Å². The first-order valence-corrected chi connectivity index (χ1v) is 8.09. The van der Waals surface area contributed by atoms with Crippen LogP contribution in [-0.4, -0.2) is 11.8 Å². The predicted molar refractivity (Wildman–Crippen MR) is 99.2 cm³/mol. The molecule has 0 saturated heterocycles. The molecule has 0 radical (unpaired) electrons. The monoisotopic (exact) mass is 328 g/mol. The van der Waals surface area contributed by atoms with Crippen molar-refractivity contribution in [2.45, 2.75) is 6.54 Å². The number of benzene rings is 3. The molecule has 25 heavy (non-hydrogen) atoms. The Balaban J connectivity index is 1.53. The zero-order valence-corrected chi connectivity index (χ0v) is 13.5. The van der Waals surface area contributed by atoms with Crippen LogP contribution in [0.25, 0.3) is 16.8 Å². The Hall–Kier alpha value is -3.40. The van der Waals surface area contributed by atoms with Crippen LogP contribution in [0.15, 0.2) is 66.7 Å². The van der Waals surface area contributed by atoms with E-state index in [1.165, 1.54) is 6.08 Å². The number of anilines is 1. The van der Waals surface area contributed by atoms with Gasteiger partial charge in [-0.05, 0) is 40.1 Å². The first-order valence-electron chi connectivity index (χ1n) is 8.09. The van der Waals surface area contributed by atoms with Crippen molar-refractivity contribution in [2.75, 3.05) is 5.32 Å². The second-order valence-corrected chi connectivity index (χ2v) is 5.95. The Morgan fingerprint density at radius 1 is 1.04 bits per heavy atom. The van der Waals surface area contributed by atoms with Crippen molar-refractivity contribution in [3.05, 3.63) is 83.4 Å². The van der Waals surface area contributed by atoms with Crippen LogP contribution in [0.1, 0.15) is 21.5 Å². The molecular weight excluding hydrogens is 312 g/mol. The molecule has 4 nitrogen and oxygen atoms in total. The molecule has 0 bridgehead atoms. The quantitative estimate of drug-likeness (QED) is 0.720. The van der Waals surface area contributed by atoms with Crippen molar-refractivity contribution in [3.8, 4) is 0 Å². The van der Waals surface area contributed by atoms with Crippen LogP contribution in [-0.2, 0) is 11.3 Å². The average Bonchev–Trinajstić information content (AvgIpc) is 3.00. The maximum absolute atomic E-state index is 12.2. The van der Waals surface area contributed by atoms with Gasteiger partial charge in [0.05, 0.1) is 0 Å². The summed E-state index contributed by atoms with van der Waals surface area (Å²) >= 11 is 0. The van der Waals surface area contributed by atoms with E-state index in [0.717, 1.165) is 21.9 Å². The molecule has 4 heteroatoms. The number of fused-ring (bicyclic) bond motifs is 2. The lowest BCUT2D eigenvalue weighted by Gasteiger charge is -2.05. The molecule has 0 saturated carbocycles. The van der Waals surface area contributed by atoms with Crippen molar-refractivity contribution >= 4 is 34.4 Å². The van der Waals surface area contributed by atoms with Crippen molar-refractivity contribution in [1.82, 2.24) is 5.32 Å². The molecule has 3 aromatic carbocycles. The van der Waals surface area contributed by atoms with E-state index < -0.39 is 0 Å². The number of hydrogen-bond acceptors (Lipinski definition) is 2. The summed E-state index contributed by atoms with van der Waals surface area (Å²) in [5, 5.41) is 7.80. The molecule has 4 rings (SSSR count). The minimum Gasteiger partial charge on any atom is -0.348 e. The molecule has 0 unspecified atom stereocenters. The zero-order valence-electron chi connectivity index (χ0n) is 13.5. The number of carbonyl (C=O) groups is 2. The number of amides is 2. The van der Waals surface area contributed by atoms with Crippen molar-refractivity contribution < 1.29 is 9.59 Å². The fourth-order valence-corrected chi connectivity index (χ4v) is 3.04. The van der Waals surface area contributed by atoms with Crippen LogP contribution in [0.4, 0.5) is 5.69 Å². The summed E-state index contributed by atoms with van der Waals surface area (Å²) in [6, 6.07) is 19.4. The van der Waals surface area contributed by atoms with E-state index in [9.17, 15) is 9.59 Å². The summed E-state index contributed by atoms with van der Waals surface area (Å²) < 4.78 is 0. The van der Waals surface area contributed by atoms with Gasteiger partial charge in [0.1, 0.15) is 0 Å². The molecule has 1 heterocycles. The summed E-state index contributed by atoms with van der Waals surface area (Å²) in [4.78, 5) is 23.9. The van der Waals surface area contributed by atoms with Gasteiger partial charge in [0.25, 0.3) is 5.91 Å². The standard InChI is InChI=1S/C21H16N2O2/c24-20(23-17-10-8-16-13-22-21(25)19(16)12-17)11-9-15-6-3-5-14-4-1-2-7-18(14)15/h1-12H,13H2,(H,22,25)(H,23,24). The minimum atomic E-state index is -0.230. The molecule has 0 aromatic heterocycles. The van der Waals surface area contributed by atoms with Crippen LogP contribution in [0, 0.1) is 0 Å². The molecule has 0 atom stereocenters. The van der Waals surface area contributed by atoms with Crippen LogP contribution in [0.3, 0.4) is 0 Å². The summed E-state index contributed by atoms with van der Waals surface area (Å²) in [5.41, 5.74) is 3.18. The van der Waals surface area contributed by atoms with E-state index in [-0.39, 0.29) is 11.8 Å². The highest BCUT2D eigenvalue weighted by atomic mass is 16.2. The predicted octanol–water partition coefficient (Wildman–Crippen LogP) is 3.74. The number of hydrogen-bond donors (Lipinski definition) is 2. The number of carbonyl (C=O) groups excluding carboxylic acids is 2. The van der Waals surface area contributed by atoms with Gasteiger partial charge in [-0.2, -0.15) is 0 Å². The third-order valence-electron chi connectivity index (χ3n) is 4.30. The largest absolute Gasteiger partial charge is 0.348 e. The van der Waals surface area contributed by atoms with Crippen LogP contribution in [0.2, 0.25) is 0 Å². The van der Waals surface area contributed by atoms with E-state index in [2.05, 4.69) is 10.6 Å². The fourth-order valence-electron chi connectivity index (χ4n) is 3.04. The van der Waals surface area contributed by atoms with Gasteiger partial charge in [-0.3, -0.25) is 9.59 Å². The van der Waals surface area contributed by atoms with Crippen LogP contribution < -0.4 is 10.6 Å². The van der Waals surface area contributed by atoms with Gasteiger partial charge in [0.15, 0.2) is 0 Å². The first kappa shape index (κ1) is 15.1. The Morgan fingerprint density at radius 2 is 1.88 bits per heavy atom. The lowest BCUT2D eigenvalue weighted by molar-refractivity contribution is -0.111. The van der Waals surface area contributed by atoms with Gasteiger partial charge < -0.3 is 10.6 Å². The second kappa shape index (κ2) is 6.24. The molecule has 1 aliphatic rings. The maximum Gasteiger partial charge on any atom is 0.251 e. The first-order chi connectivity index (χ1) is 12.2. The van der Waals surface area contributed by atoms with Gasteiger partial charge in [-0.25, -0.2) is 0 Å². The average molecular weight is 328 g/mol. The van der Waals surface area contributed by atoms with E-state index in [4.69, 9.17) is 0 Å². The van der Waals surface area contributed by atoms with Crippen LogP contribution in [0.5, 0.6) is 0 Å². The van der Waals surface area contributed by atoms with Gasteiger partial charge in [-0.15, -0.1) is 0 Å². The highest BCUT2D eigenvalue weighted by Gasteiger charge is 2.18. The normalized spacial score (nSPS) is 13.0. The Morgan fingerprint density at radius 3 is 2.80 bits per heavy atom. The van der Waals surface area contributed by atoms with Crippen molar-refractivity contribution in [3.63, 3.8) is 0 Å². The van der Waals surface area contributed by atoms with Crippen molar-refractivity contribution in [1.29, 1.82) is 0 Å². The molecule has 3 aromatic rings. The molecule has 2 N–H and O–H groups in total. The van der Waals surface area contributed by atoms with Gasteiger partial charge in [-0.1, -0.05) is 48.5 Å². The molecule has 2 amide bonds. The summed E-state index contributed by atoms with van der Waals surface area (Å²) in [6.45, 7) is 0.545. The third-order valence-corrected chi connectivity index (χ3v) is 4.30. The summed E-state index contributed by atoms with van der Waals surface area (Å²) in [7, 11) is 0. The van der Waals surface area contributed by atoms with Gasteiger partial charge in [0, 0.05) is 23.9 Å². The maximum atomic E-state index is 12.2. The summed E-state index contributed by atoms with van der Waals surface area (Å²) in [5.74, 6) is -0.330. The smallest absolute Gasteiger partial charge is 0.251 e. The number of rotatable bonds is 3. The Labute approximate surface area is 145 Å². The molecule has 1 aliphatic heterocycles. The molecule has 0 aliphatic carbocycles. The zero-order chi connectivity index (χ0) is 17.2. The van der Waals surface area contributed by atoms with E-state index >= 15 is 0 Å². The van der Waals surface area contributed by atoms with Crippen molar-refractivity contribution in [2.24, 2.45) is 0 Å². The minimum absolute atomic E-state index is 0.0996. The van der Waals surface area contributed by atoms with E-state index in [1.807, 2.05) is 54.6 Å². The lowest BCUT2D eigenvalue weighted by Crippen LogP contribution is -2.13. The molecular formula is C21H16N2O2. The molecule has 122 valence electrons. The molecule has 0 spiro atoms. The van der Waals surface area contributed by atoms with Gasteiger partial charge >= 0.3 is 0 Å². The second-order valence-electron chi connectivity index (χ2n) is 5.95. The highest BCUT2D eigenvalue weighted by Crippen LogP contribution is 2.21. The van der Waals surface area contributed by atoms with E-state index in [0.29, 0.717) is 17.8 Å². The topological polar surface area (TPSA) is 58.2 Å². The van der Waals surface area contributed by atoms with Gasteiger partial charge in [0.2, 0.25) is 5.91 Å². The van der Waals surface area contributed by atoms with E-state index in [1.54, 1.807) is 12.1 Å². The molecule has 0 fully saturated rings. The Bertz CT molecular complexity index is 1020. The number of nitrogens with one attached hydrogen (secondary N) is 2. The summed E-state index contributed by atoms with van der Waals surface area (Å²) in [6.07, 6.45) is 3.31. The SMILES string of the molecule is O=C(C=Cc1cccc2ccccc12)Nc1ccc2c(c1)C(=O)NC2. The third kappa shape index (κ3) is 3.02. The Kier molecular flexibility index (Phi) is 3.78. The fraction of sp³-hybridized carbons (Fsp3) is 0.0476.